The second-order valence-electron chi connectivity index (χ2n) is 9.71. The zero-order valence-corrected chi connectivity index (χ0v) is 20.3. The number of aliphatic imine (C=N–C) groups is 1. The molecule has 3 aliphatic rings. The number of nitrogens with one attached hydrogen (secondary N) is 1. The van der Waals surface area contributed by atoms with Crippen LogP contribution in [0.25, 0.3) is 0 Å². The normalized spacial score (nSPS) is 25.9. The molecule has 1 N–H and O–H groups in total. The van der Waals surface area contributed by atoms with E-state index in [0.29, 0.717) is 24.9 Å². The quantitative estimate of drug-likeness (QED) is 0.232. The van der Waals surface area contributed by atoms with Crippen molar-refractivity contribution in [2.75, 3.05) is 6.61 Å². The van der Waals surface area contributed by atoms with Crippen LogP contribution in [0, 0.1) is 11.8 Å². The smallest absolute Gasteiger partial charge is 0.317 e. The molecule has 0 spiro atoms. The molecule has 3 aliphatic carbocycles. The lowest BCUT2D eigenvalue weighted by molar-refractivity contribution is -0.158. The van der Waals surface area contributed by atoms with E-state index >= 15 is 0 Å². The van der Waals surface area contributed by atoms with E-state index in [1.165, 1.54) is 38.5 Å². The first kappa shape index (κ1) is 25.5. The van der Waals surface area contributed by atoms with Gasteiger partial charge in [-0.05, 0) is 51.5 Å². The van der Waals surface area contributed by atoms with Crippen LogP contribution in [0.15, 0.2) is 29.3 Å². The van der Waals surface area contributed by atoms with Gasteiger partial charge in [-0.2, -0.15) is 0 Å². The van der Waals surface area contributed by atoms with E-state index in [2.05, 4.69) is 5.32 Å². The number of hydrogen-bond acceptors (Lipinski definition) is 5. The first-order valence-corrected chi connectivity index (χ1v) is 13.2. The zero-order chi connectivity index (χ0) is 23.3. The molecule has 0 heterocycles. The van der Waals surface area contributed by atoms with Gasteiger partial charge < -0.3 is 14.8 Å². The van der Waals surface area contributed by atoms with Crippen molar-refractivity contribution < 1.29 is 19.1 Å². The van der Waals surface area contributed by atoms with Gasteiger partial charge in [-0.3, -0.25) is 9.59 Å². The van der Waals surface area contributed by atoms with Gasteiger partial charge in [0.05, 0.1) is 17.9 Å². The number of nitrogens with zero attached hydrogens (tertiary/aromatic N) is 1. The molecule has 6 nitrogen and oxygen atoms in total. The fourth-order valence-electron chi connectivity index (χ4n) is 5.24. The van der Waals surface area contributed by atoms with E-state index in [9.17, 15) is 9.59 Å². The molecule has 0 aromatic carbocycles. The largest absolute Gasteiger partial charge is 0.461 e. The van der Waals surface area contributed by atoms with Gasteiger partial charge in [0, 0.05) is 6.04 Å². The number of rotatable bonds is 7. The first-order valence-electron chi connectivity index (χ1n) is 13.2. The second-order valence-corrected chi connectivity index (χ2v) is 9.71. The Morgan fingerprint density at radius 2 is 1.42 bits per heavy atom. The summed E-state index contributed by atoms with van der Waals surface area (Å²) in [6, 6.07) is 0.907. The molecule has 33 heavy (non-hydrogen) atoms. The summed E-state index contributed by atoms with van der Waals surface area (Å²) in [4.78, 5) is 30.8. The van der Waals surface area contributed by atoms with Crippen LogP contribution in [-0.4, -0.2) is 36.7 Å². The Morgan fingerprint density at radius 1 is 0.818 bits per heavy atom. The standard InChI is InChI=1S/C27H42N2O4/c1-2-3-4-13-20-32-25(30)23-18-11-12-19-24(23)26(31)33-27(28-21-14-7-5-8-15-21)29-22-16-9-6-10-17-22/h2-4,13,21-24H,5-12,14-20H2,1H3,(H,28,29)/b3-2+,13-4+/t23-,24-/m1/s1. The van der Waals surface area contributed by atoms with E-state index in [1.807, 2.05) is 25.2 Å². The van der Waals surface area contributed by atoms with Crippen LogP contribution in [0.3, 0.4) is 0 Å². The molecule has 3 saturated carbocycles. The predicted octanol–water partition coefficient (Wildman–Crippen LogP) is 5.62. The number of allylic oxidation sites excluding steroid dienone is 3. The van der Waals surface area contributed by atoms with Crippen molar-refractivity contribution in [2.24, 2.45) is 16.8 Å². The molecule has 2 atom stereocenters. The molecule has 3 rings (SSSR count). The minimum absolute atomic E-state index is 0.216. The molecule has 0 aliphatic heterocycles. The van der Waals surface area contributed by atoms with E-state index < -0.39 is 11.8 Å². The third kappa shape index (κ3) is 8.63. The van der Waals surface area contributed by atoms with Crippen molar-refractivity contribution in [3.05, 3.63) is 24.3 Å². The van der Waals surface area contributed by atoms with Crippen LogP contribution >= 0.6 is 0 Å². The van der Waals surface area contributed by atoms with Gasteiger partial charge in [0.1, 0.15) is 6.61 Å². The van der Waals surface area contributed by atoms with Gasteiger partial charge in [-0.1, -0.05) is 69.6 Å². The fourth-order valence-corrected chi connectivity index (χ4v) is 5.24. The van der Waals surface area contributed by atoms with E-state index in [0.717, 1.165) is 38.5 Å². The lowest BCUT2D eigenvalue weighted by atomic mass is 9.79. The van der Waals surface area contributed by atoms with E-state index in [4.69, 9.17) is 14.5 Å². The lowest BCUT2D eigenvalue weighted by Crippen LogP contribution is -2.42. The molecule has 0 aromatic heterocycles. The van der Waals surface area contributed by atoms with Crippen LogP contribution in [0.2, 0.25) is 0 Å². The lowest BCUT2D eigenvalue weighted by Gasteiger charge is -2.29. The van der Waals surface area contributed by atoms with Crippen molar-refractivity contribution in [3.8, 4) is 0 Å². The van der Waals surface area contributed by atoms with Crippen LogP contribution in [0.5, 0.6) is 0 Å². The summed E-state index contributed by atoms with van der Waals surface area (Å²) in [6.07, 6.45) is 22.2. The van der Waals surface area contributed by atoms with E-state index in [1.54, 1.807) is 6.08 Å². The Morgan fingerprint density at radius 3 is 2.09 bits per heavy atom. The Hall–Kier alpha value is -2.11. The number of ether oxygens (including phenoxy) is 2. The maximum Gasteiger partial charge on any atom is 0.317 e. The van der Waals surface area contributed by atoms with Gasteiger partial charge in [-0.15, -0.1) is 0 Å². The highest BCUT2D eigenvalue weighted by molar-refractivity contribution is 5.91. The number of amidine groups is 1. The second kappa shape index (κ2) is 14.2. The molecular formula is C27H42N2O4. The van der Waals surface area contributed by atoms with E-state index in [-0.39, 0.29) is 24.6 Å². The summed E-state index contributed by atoms with van der Waals surface area (Å²) in [7, 11) is 0. The van der Waals surface area contributed by atoms with Gasteiger partial charge in [0.15, 0.2) is 0 Å². The van der Waals surface area contributed by atoms with Gasteiger partial charge in [-0.25, -0.2) is 4.99 Å². The minimum Gasteiger partial charge on any atom is -0.461 e. The van der Waals surface area contributed by atoms with Crippen molar-refractivity contribution in [3.63, 3.8) is 0 Å². The predicted molar refractivity (Wildman–Crippen MR) is 131 cm³/mol. The summed E-state index contributed by atoms with van der Waals surface area (Å²) in [6.45, 7) is 2.16. The highest BCUT2D eigenvalue weighted by Gasteiger charge is 2.38. The van der Waals surface area contributed by atoms with Crippen molar-refractivity contribution in [1.29, 1.82) is 0 Å². The van der Waals surface area contributed by atoms with Crippen molar-refractivity contribution in [1.82, 2.24) is 5.32 Å². The summed E-state index contributed by atoms with van der Waals surface area (Å²) in [5.74, 6) is -1.53. The monoisotopic (exact) mass is 458 g/mol. The summed E-state index contributed by atoms with van der Waals surface area (Å²) < 4.78 is 11.3. The Kier molecular flexibility index (Phi) is 11.0. The summed E-state index contributed by atoms with van der Waals surface area (Å²) in [5, 5.41) is 3.45. The Labute approximate surface area is 199 Å². The van der Waals surface area contributed by atoms with Gasteiger partial charge in [0.2, 0.25) is 0 Å². The summed E-state index contributed by atoms with van der Waals surface area (Å²) in [5.41, 5.74) is 0. The molecular weight excluding hydrogens is 416 g/mol. The highest BCUT2D eigenvalue weighted by atomic mass is 16.6. The van der Waals surface area contributed by atoms with Crippen molar-refractivity contribution >= 4 is 18.0 Å². The topological polar surface area (TPSA) is 77.0 Å². The number of hydrogen-bond donors (Lipinski definition) is 1. The average Bonchev–Trinajstić information content (AvgIpc) is 2.85. The molecule has 0 unspecified atom stereocenters. The summed E-state index contributed by atoms with van der Waals surface area (Å²) >= 11 is 0. The van der Waals surface area contributed by atoms with Crippen LogP contribution < -0.4 is 5.32 Å². The van der Waals surface area contributed by atoms with Crippen LogP contribution in [-0.2, 0) is 19.1 Å². The molecule has 0 aromatic rings. The molecule has 0 bridgehead atoms. The van der Waals surface area contributed by atoms with Crippen LogP contribution in [0.4, 0.5) is 0 Å². The number of esters is 2. The Balaban J connectivity index is 1.63. The third-order valence-electron chi connectivity index (χ3n) is 7.14. The van der Waals surface area contributed by atoms with Crippen LogP contribution in [0.1, 0.15) is 96.8 Å². The maximum atomic E-state index is 13.2. The minimum atomic E-state index is -0.463. The first-order chi connectivity index (χ1) is 16.2. The fraction of sp³-hybridized carbons (Fsp3) is 0.741. The highest BCUT2D eigenvalue weighted by Crippen LogP contribution is 2.32. The zero-order valence-electron chi connectivity index (χ0n) is 20.3. The molecule has 0 amide bonds. The van der Waals surface area contributed by atoms with Crippen molar-refractivity contribution in [2.45, 2.75) is 109 Å². The molecule has 0 radical (unpaired) electrons. The molecule has 184 valence electrons. The third-order valence-corrected chi connectivity index (χ3v) is 7.14. The molecule has 3 fully saturated rings. The SMILES string of the molecule is C/C=C/C=C/COC(=O)[C@@H]1CCCC[C@H]1C(=O)OC(=NC1CCCCC1)NC1CCCCC1. The number of carbonyl (C=O) groups is 2. The van der Waals surface area contributed by atoms with Gasteiger partial charge in [0.25, 0.3) is 6.02 Å². The molecule has 0 saturated heterocycles. The number of carbonyl (C=O) groups excluding carboxylic acids is 2. The maximum absolute atomic E-state index is 13.2. The molecule has 6 heteroatoms. The van der Waals surface area contributed by atoms with Gasteiger partial charge >= 0.3 is 11.9 Å². The average molecular weight is 459 g/mol. The Bertz CT molecular complexity index is 703.